The number of nitrogens with one attached hydrogen (secondary N) is 3. The van der Waals surface area contributed by atoms with E-state index in [1.165, 1.54) is 49.3 Å². The molecule has 0 atom stereocenters. The quantitative estimate of drug-likeness (QED) is 0.0685. The summed E-state index contributed by atoms with van der Waals surface area (Å²) in [5.74, 6) is 0.513. The molecule has 2 aromatic heterocycles. The number of fused-ring (bicyclic) bond motifs is 1. The van der Waals surface area contributed by atoms with Crippen molar-refractivity contribution >= 4 is 63.1 Å². The van der Waals surface area contributed by atoms with Crippen molar-refractivity contribution in [1.82, 2.24) is 19.6 Å². The molecule has 13 heteroatoms. The SMILES string of the molecule is CNc1ccc(SNC(=O)c2ccc(N3CCN(CC4=C(c5ccc(Cl)cc5)CC5(CCC5)CC4)CC3)cc2Oc2cnc3[nH]ccc3c2)cc1[N+](=O)[O-]. The lowest BCUT2D eigenvalue weighted by Gasteiger charge is -2.47. The Hall–Kier alpha value is -5.04. The van der Waals surface area contributed by atoms with Crippen LogP contribution in [0.2, 0.25) is 5.02 Å². The number of piperazine rings is 1. The molecule has 3 aromatic carbocycles. The molecule has 3 heterocycles. The van der Waals surface area contributed by atoms with Crippen LogP contribution in [0.4, 0.5) is 17.1 Å². The third kappa shape index (κ3) is 7.64. The fraction of sp³-hybridized carbons (Fsp3) is 0.317. The second-order valence-corrected chi connectivity index (χ2v) is 15.8. The number of aromatic amines is 1. The van der Waals surface area contributed by atoms with Gasteiger partial charge in [-0.1, -0.05) is 35.7 Å². The smallest absolute Gasteiger partial charge is 0.293 e. The zero-order valence-corrected chi connectivity index (χ0v) is 31.6. The fourth-order valence-corrected chi connectivity index (χ4v) is 8.76. The number of nitrogens with zero attached hydrogens (tertiary/aromatic N) is 4. The highest BCUT2D eigenvalue weighted by atomic mass is 35.5. The normalized spacial score (nSPS) is 17.0. The summed E-state index contributed by atoms with van der Waals surface area (Å²) in [6.45, 7) is 4.50. The van der Waals surface area contributed by atoms with Crippen LogP contribution in [-0.4, -0.2) is 65.5 Å². The Labute approximate surface area is 323 Å². The number of hydrogen-bond acceptors (Lipinski definition) is 9. The third-order valence-corrected chi connectivity index (χ3v) is 12.2. The van der Waals surface area contributed by atoms with Crippen molar-refractivity contribution in [2.75, 3.05) is 50.0 Å². The highest BCUT2D eigenvalue weighted by Crippen LogP contribution is 2.55. The summed E-state index contributed by atoms with van der Waals surface area (Å²) >= 11 is 7.28. The zero-order valence-electron chi connectivity index (χ0n) is 30.1. The van der Waals surface area contributed by atoms with E-state index in [1.54, 1.807) is 37.0 Å². The Balaban J connectivity index is 0.992. The number of aromatic nitrogens is 2. The maximum absolute atomic E-state index is 13.7. The summed E-state index contributed by atoms with van der Waals surface area (Å²) in [4.78, 5) is 37.8. The van der Waals surface area contributed by atoms with Crippen molar-refractivity contribution in [3.05, 3.63) is 117 Å². The number of hydrogen-bond donors (Lipinski definition) is 3. The average Bonchev–Trinajstić information content (AvgIpc) is 3.65. The standard InChI is InChI=1S/C41H42ClN7O4S/c1-43-36-10-8-33(23-37(36)49(51)52)54-46-40(50)34-9-7-31(22-38(34)53-32-21-28-12-16-44-39(28)45-25-32)48-19-17-47(18-20-48)26-29-11-15-41(13-2-14-41)24-35(29)27-3-5-30(42)6-4-27/h3-10,12,16,21-23,25,43H,2,11,13-15,17-20,24,26H2,1H3,(H,44,45)(H,46,50). The highest BCUT2D eigenvalue weighted by molar-refractivity contribution is 7.98. The van der Waals surface area contributed by atoms with Gasteiger partial charge >= 0.3 is 0 Å². The minimum Gasteiger partial charge on any atom is -0.455 e. The molecular weight excluding hydrogens is 722 g/mol. The van der Waals surface area contributed by atoms with E-state index in [0.29, 0.717) is 33.1 Å². The molecule has 1 saturated carbocycles. The molecular formula is C41H42ClN7O4S. The molecule has 2 aliphatic carbocycles. The fourth-order valence-electron chi connectivity index (χ4n) is 8.00. The van der Waals surface area contributed by atoms with E-state index in [-0.39, 0.29) is 11.6 Å². The lowest BCUT2D eigenvalue weighted by atomic mass is 9.59. The minimum atomic E-state index is -0.451. The van der Waals surface area contributed by atoms with Gasteiger partial charge in [0.25, 0.3) is 11.6 Å². The molecule has 1 saturated heterocycles. The lowest BCUT2D eigenvalue weighted by Crippen LogP contribution is -2.47. The van der Waals surface area contributed by atoms with Crippen molar-refractivity contribution in [2.45, 2.75) is 43.4 Å². The predicted octanol–water partition coefficient (Wildman–Crippen LogP) is 9.33. The van der Waals surface area contributed by atoms with Gasteiger partial charge in [-0.3, -0.25) is 24.5 Å². The third-order valence-electron chi connectivity index (χ3n) is 11.2. The van der Waals surface area contributed by atoms with Gasteiger partial charge in [-0.15, -0.1) is 0 Å². The number of anilines is 2. The number of pyridine rings is 1. The number of carbonyl (C=O) groups excluding carboxylic acids is 1. The first-order chi connectivity index (χ1) is 26.3. The summed E-state index contributed by atoms with van der Waals surface area (Å²) in [6, 6.07) is 22.6. The van der Waals surface area contributed by atoms with Crippen LogP contribution >= 0.6 is 23.5 Å². The highest BCUT2D eigenvalue weighted by Gasteiger charge is 2.41. The lowest BCUT2D eigenvalue weighted by molar-refractivity contribution is -0.384. The zero-order chi connectivity index (χ0) is 37.2. The second-order valence-electron chi connectivity index (χ2n) is 14.5. The van der Waals surface area contributed by atoms with Crippen LogP contribution in [0.3, 0.4) is 0 Å². The molecule has 5 aromatic rings. The van der Waals surface area contributed by atoms with E-state index in [4.69, 9.17) is 16.3 Å². The van der Waals surface area contributed by atoms with Crippen molar-refractivity contribution in [3.63, 3.8) is 0 Å². The van der Waals surface area contributed by atoms with E-state index < -0.39 is 4.92 Å². The molecule has 0 radical (unpaired) electrons. The number of nitro groups is 1. The molecule has 1 amide bonds. The summed E-state index contributed by atoms with van der Waals surface area (Å²) in [5, 5.41) is 16.1. The van der Waals surface area contributed by atoms with Crippen molar-refractivity contribution in [3.8, 4) is 11.5 Å². The van der Waals surface area contributed by atoms with Crippen molar-refractivity contribution in [1.29, 1.82) is 0 Å². The molecule has 0 unspecified atom stereocenters. The van der Waals surface area contributed by atoms with E-state index in [9.17, 15) is 14.9 Å². The van der Waals surface area contributed by atoms with Crippen LogP contribution in [0.1, 0.15) is 54.4 Å². The van der Waals surface area contributed by atoms with Crippen LogP contribution in [0.15, 0.2) is 95.7 Å². The Morgan fingerprint density at radius 2 is 1.85 bits per heavy atom. The number of H-pyrrole nitrogens is 1. The Bertz CT molecular complexity index is 2230. The number of benzene rings is 3. The van der Waals surface area contributed by atoms with Gasteiger partial charge in [0.1, 0.15) is 22.8 Å². The molecule has 8 rings (SSSR count). The molecule has 3 aliphatic rings. The van der Waals surface area contributed by atoms with Gasteiger partial charge in [0.15, 0.2) is 0 Å². The van der Waals surface area contributed by atoms with Crippen molar-refractivity contribution in [2.24, 2.45) is 5.41 Å². The number of halogens is 1. The summed E-state index contributed by atoms with van der Waals surface area (Å²) in [5.41, 5.74) is 7.26. The van der Waals surface area contributed by atoms with Gasteiger partial charge in [-0.2, -0.15) is 0 Å². The van der Waals surface area contributed by atoms with Gasteiger partial charge in [-0.25, -0.2) is 4.98 Å². The van der Waals surface area contributed by atoms with Crippen LogP contribution < -0.4 is 19.7 Å². The van der Waals surface area contributed by atoms with Crippen LogP contribution in [0.25, 0.3) is 16.6 Å². The second kappa shape index (κ2) is 15.4. The maximum atomic E-state index is 13.7. The van der Waals surface area contributed by atoms with Gasteiger partial charge in [0.2, 0.25) is 0 Å². The van der Waals surface area contributed by atoms with Gasteiger partial charge in [0.05, 0.1) is 16.7 Å². The number of allylic oxidation sites excluding steroid dienone is 1. The summed E-state index contributed by atoms with van der Waals surface area (Å²) < 4.78 is 9.24. The van der Waals surface area contributed by atoms with Gasteiger partial charge in [0, 0.05) is 79.1 Å². The molecule has 11 nitrogen and oxygen atoms in total. The molecule has 54 heavy (non-hydrogen) atoms. The molecule has 3 N–H and O–H groups in total. The minimum absolute atomic E-state index is 0.0719. The van der Waals surface area contributed by atoms with Crippen LogP contribution in [0, 0.1) is 15.5 Å². The van der Waals surface area contributed by atoms with E-state index in [2.05, 4.69) is 41.9 Å². The average molecular weight is 764 g/mol. The van der Waals surface area contributed by atoms with Gasteiger partial charge < -0.3 is 19.9 Å². The molecule has 278 valence electrons. The van der Waals surface area contributed by atoms with E-state index in [1.807, 2.05) is 42.6 Å². The number of carbonyl (C=O) groups is 1. The molecule has 1 spiro atoms. The first kappa shape index (κ1) is 36.0. The van der Waals surface area contributed by atoms with E-state index >= 15 is 0 Å². The maximum Gasteiger partial charge on any atom is 0.293 e. The molecule has 1 aliphatic heterocycles. The Kier molecular flexibility index (Phi) is 10.2. The van der Waals surface area contributed by atoms with E-state index in [0.717, 1.165) is 72.8 Å². The topological polar surface area (TPSA) is 129 Å². The largest absolute Gasteiger partial charge is 0.455 e. The summed E-state index contributed by atoms with van der Waals surface area (Å²) in [6.07, 6.45) is 11.1. The monoisotopic (exact) mass is 763 g/mol. The number of ether oxygens (including phenoxy) is 1. The molecule has 0 bridgehead atoms. The van der Waals surface area contributed by atoms with Crippen LogP contribution in [0.5, 0.6) is 11.5 Å². The molecule has 2 fully saturated rings. The van der Waals surface area contributed by atoms with Gasteiger partial charge in [-0.05, 0) is 109 Å². The Morgan fingerprint density at radius 3 is 2.59 bits per heavy atom. The first-order valence-electron chi connectivity index (χ1n) is 18.4. The first-order valence-corrected chi connectivity index (χ1v) is 19.6. The predicted molar refractivity (Wildman–Crippen MR) is 216 cm³/mol. The number of amides is 1. The summed E-state index contributed by atoms with van der Waals surface area (Å²) in [7, 11) is 1.63. The van der Waals surface area contributed by atoms with Crippen LogP contribution in [-0.2, 0) is 0 Å². The Morgan fingerprint density at radius 1 is 1.04 bits per heavy atom. The number of rotatable bonds is 11. The van der Waals surface area contributed by atoms with Crippen molar-refractivity contribution < 1.29 is 14.5 Å². The number of nitro benzene ring substituents is 1.